The van der Waals surface area contributed by atoms with Crippen molar-refractivity contribution in [2.45, 2.75) is 6.92 Å². The smallest absolute Gasteiger partial charge is 0.340 e. The predicted molar refractivity (Wildman–Crippen MR) is 54.5 cm³/mol. The molecule has 0 saturated carbocycles. The first kappa shape index (κ1) is 9.45. The van der Waals surface area contributed by atoms with Crippen LogP contribution in [0.1, 0.15) is 5.56 Å². The first-order chi connectivity index (χ1) is 7.16. The fraction of sp³-hybridized carbons (Fsp3) is 0.222. The van der Waals surface area contributed by atoms with E-state index >= 15 is 0 Å². The average Bonchev–Trinajstić information content (AvgIpc) is 2.59. The van der Waals surface area contributed by atoms with Gasteiger partial charge in [0, 0.05) is 12.7 Å². The summed E-state index contributed by atoms with van der Waals surface area (Å²) < 4.78 is 6.91. The van der Waals surface area contributed by atoms with E-state index in [0.717, 1.165) is 11.3 Å². The molecule has 0 radical (unpaired) electrons. The van der Waals surface area contributed by atoms with Crippen LogP contribution in [0.2, 0.25) is 0 Å². The topological polar surface area (TPSA) is 78.9 Å². The molecular formula is C9H11N5O. The Labute approximate surface area is 86.7 Å². The lowest BCUT2D eigenvalue weighted by atomic mass is 10.2. The number of nitrogens with zero attached hydrogens (tertiary/aromatic N) is 4. The predicted octanol–water partition coefficient (Wildman–Crippen LogP) is 0.893. The summed E-state index contributed by atoms with van der Waals surface area (Å²) in [7, 11) is 1.71. The van der Waals surface area contributed by atoms with Crippen molar-refractivity contribution in [2.75, 3.05) is 5.73 Å². The van der Waals surface area contributed by atoms with Crippen LogP contribution in [0.3, 0.4) is 0 Å². The molecule has 0 amide bonds. The summed E-state index contributed by atoms with van der Waals surface area (Å²) in [5, 5.41) is 10.8. The molecule has 2 rings (SSSR count). The van der Waals surface area contributed by atoms with Gasteiger partial charge in [0.1, 0.15) is 5.75 Å². The summed E-state index contributed by atoms with van der Waals surface area (Å²) in [5.74, 6) is 0.666. The molecule has 0 aliphatic rings. The minimum atomic E-state index is 0.346. The third-order valence-corrected chi connectivity index (χ3v) is 2.03. The van der Waals surface area contributed by atoms with Crippen LogP contribution in [-0.2, 0) is 7.05 Å². The highest BCUT2D eigenvalue weighted by Gasteiger charge is 2.05. The molecule has 15 heavy (non-hydrogen) atoms. The minimum Gasteiger partial charge on any atom is -0.423 e. The Morgan fingerprint density at radius 1 is 1.40 bits per heavy atom. The maximum Gasteiger partial charge on any atom is 0.340 e. The number of aromatic nitrogens is 4. The number of nitrogen functional groups attached to an aromatic ring is 1. The van der Waals surface area contributed by atoms with Gasteiger partial charge in [0.25, 0.3) is 0 Å². The molecule has 0 atom stereocenters. The molecule has 2 N–H and O–H groups in total. The summed E-state index contributed by atoms with van der Waals surface area (Å²) in [4.78, 5) is 0. The van der Waals surface area contributed by atoms with Crippen LogP contribution in [-0.4, -0.2) is 20.2 Å². The van der Waals surface area contributed by atoms with Gasteiger partial charge in [0.2, 0.25) is 0 Å². The lowest BCUT2D eigenvalue weighted by Crippen LogP contribution is -1.97. The van der Waals surface area contributed by atoms with Crippen molar-refractivity contribution in [3.63, 3.8) is 0 Å². The summed E-state index contributed by atoms with van der Waals surface area (Å²) in [5.41, 5.74) is 7.39. The Bertz CT molecular complexity index is 479. The molecule has 1 aromatic carbocycles. The van der Waals surface area contributed by atoms with Gasteiger partial charge in [0.05, 0.1) is 0 Å². The van der Waals surface area contributed by atoms with E-state index in [1.165, 1.54) is 4.68 Å². The van der Waals surface area contributed by atoms with Crippen LogP contribution < -0.4 is 10.5 Å². The molecule has 0 bridgehead atoms. The van der Waals surface area contributed by atoms with Crippen molar-refractivity contribution in [3.8, 4) is 11.8 Å². The number of tetrazole rings is 1. The van der Waals surface area contributed by atoms with E-state index in [4.69, 9.17) is 10.5 Å². The van der Waals surface area contributed by atoms with Gasteiger partial charge in [-0.1, -0.05) is 5.10 Å². The van der Waals surface area contributed by atoms with Crippen molar-refractivity contribution < 1.29 is 4.74 Å². The quantitative estimate of drug-likeness (QED) is 0.736. The highest BCUT2D eigenvalue weighted by Crippen LogP contribution is 2.22. The van der Waals surface area contributed by atoms with Crippen molar-refractivity contribution in [1.29, 1.82) is 0 Å². The van der Waals surface area contributed by atoms with E-state index in [-0.39, 0.29) is 0 Å². The lowest BCUT2D eigenvalue weighted by molar-refractivity contribution is 0.414. The maximum absolute atomic E-state index is 5.69. The van der Waals surface area contributed by atoms with Gasteiger partial charge in [-0.05, 0) is 41.1 Å². The minimum absolute atomic E-state index is 0.346. The Balaban J connectivity index is 2.25. The molecule has 0 saturated heterocycles. The molecule has 0 spiro atoms. The van der Waals surface area contributed by atoms with Gasteiger partial charge in [-0.2, -0.15) is 4.68 Å². The van der Waals surface area contributed by atoms with E-state index < -0.39 is 0 Å². The molecule has 2 aromatic rings. The molecular weight excluding hydrogens is 194 g/mol. The SMILES string of the molecule is Cc1cc(Oc2nnnn2C)ccc1N. The third kappa shape index (κ3) is 1.88. The lowest BCUT2D eigenvalue weighted by Gasteiger charge is -2.05. The van der Waals surface area contributed by atoms with Crippen LogP contribution >= 0.6 is 0 Å². The molecule has 6 heteroatoms. The Hall–Kier alpha value is -2.11. The number of ether oxygens (including phenoxy) is 1. The van der Waals surface area contributed by atoms with E-state index in [2.05, 4.69) is 15.5 Å². The molecule has 0 aliphatic carbocycles. The summed E-state index contributed by atoms with van der Waals surface area (Å²) in [6.45, 7) is 1.91. The second kappa shape index (κ2) is 3.56. The zero-order valence-corrected chi connectivity index (χ0v) is 8.51. The van der Waals surface area contributed by atoms with Crippen LogP contribution in [0.15, 0.2) is 18.2 Å². The maximum atomic E-state index is 5.69. The van der Waals surface area contributed by atoms with Crippen molar-refractivity contribution >= 4 is 5.69 Å². The van der Waals surface area contributed by atoms with Gasteiger partial charge in [-0.25, -0.2) is 0 Å². The number of hydrogen-bond donors (Lipinski definition) is 1. The van der Waals surface area contributed by atoms with Crippen LogP contribution in [0.5, 0.6) is 11.8 Å². The third-order valence-electron chi connectivity index (χ3n) is 2.03. The van der Waals surface area contributed by atoms with Gasteiger partial charge in [0.15, 0.2) is 0 Å². The van der Waals surface area contributed by atoms with Crippen LogP contribution in [0.4, 0.5) is 5.69 Å². The van der Waals surface area contributed by atoms with E-state index in [1.54, 1.807) is 19.2 Å². The number of aryl methyl sites for hydroxylation is 2. The standard InChI is InChI=1S/C9H11N5O/c1-6-5-7(3-4-8(6)10)15-9-11-12-13-14(9)2/h3-5H,10H2,1-2H3. The molecule has 0 fully saturated rings. The first-order valence-electron chi connectivity index (χ1n) is 4.43. The number of nitrogens with two attached hydrogens (primary N) is 1. The molecule has 1 heterocycles. The number of hydrogen-bond acceptors (Lipinski definition) is 5. The van der Waals surface area contributed by atoms with Gasteiger partial charge in [-0.3, -0.25) is 0 Å². The molecule has 6 nitrogen and oxygen atoms in total. The van der Waals surface area contributed by atoms with E-state index in [1.807, 2.05) is 13.0 Å². The first-order valence-corrected chi connectivity index (χ1v) is 4.43. The summed E-state index contributed by atoms with van der Waals surface area (Å²) in [6, 6.07) is 5.74. The zero-order chi connectivity index (χ0) is 10.8. The Morgan fingerprint density at radius 2 is 2.20 bits per heavy atom. The van der Waals surface area contributed by atoms with Crippen molar-refractivity contribution in [1.82, 2.24) is 20.2 Å². The number of rotatable bonds is 2. The molecule has 0 aliphatic heterocycles. The highest BCUT2D eigenvalue weighted by molar-refractivity contribution is 5.49. The number of benzene rings is 1. The van der Waals surface area contributed by atoms with Gasteiger partial charge < -0.3 is 10.5 Å². The number of anilines is 1. The monoisotopic (exact) mass is 205 g/mol. The second-order valence-electron chi connectivity index (χ2n) is 3.21. The second-order valence-corrected chi connectivity index (χ2v) is 3.21. The zero-order valence-electron chi connectivity index (χ0n) is 8.51. The normalized spacial score (nSPS) is 10.3. The molecule has 0 unspecified atom stereocenters. The Morgan fingerprint density at radius 3 is 2.80 bits per heavy atom. The van der Waals surface area contributed by atoms with Crippen LogP contribution in [0, 0.1) is 6.92 Å². The molecule has 78 valence electrons. The van der Waals surface area contributed by atoms with Gasteiger partial charge >= 0.3 is 6.01 Å². The van der Waals surface area contributed by atoms with Crippen molar-refractivity contribution in [3.05, 3.63) is 23.8 Å². The van der Waals surface area contributed by atoms with E-state index in [0.29, 0.717) is 11.8 Å². The van der Waals surface area contributed by atoms with Gasteiger partial charge in [-0.15, -0.1) is 0 Å². The van der Waals surface area contributed by atoms with Crippen molar-refractivity contribution in [2.24, 2.45) is 7.05 Å². The molecule has 1 aromatic heterocycles. The fourth-order valence-corrected chi connectivity index (χ4v) is 1.12. The Kier molecular flexibility index (Phi) is 2.24. The average molecular weight is 205 g/mol. The largest absolute Gasteiger partial charge is 0.423 e. The summed E-state index contributed by atoms with van der Waals surface area (Å²) >= 11 is 0. The highest BCUT2D eigenvalue weighted by atomic mass is 16.5. The summed E-state index contributed by atoms with van der Waals surface area (Å²) in [6.07, 6.45) is 0. The fourth-order valence-electron chi connectivity index (χ4n) is 1.12. The van der Waals surface area contributed by atoms with E-state index in [9.17, 15) is 0 Å². The van der Waals surface area contributed by atoms with Crippen LogP contribution in [0.25, 0.3) is 0 Å².